The number of ether oxygens (including phenoxy) is 1. The molecule has 0 amide bonds. The minimum Gasteiger partial charge on any atom is -0.483 e. The highest BCUT2D eigenvalue weighted by Gasteiger charge is 2.29. The first kappa shape index (κ1) is 22.4. The molecule has 0 saturated heterocycles. The van der Waals surface area contributed by atoms with Crippen LogP contribution in [0.1, 0.15) is 31.7 Å². The van der Waals surface area contributed by atoms with Gasteiger partial charge in [0.15, 0.2) is 6.61 Å². The van der Waals surface area contributed by atoms with Crippen LogP contribution < -0.4 is 4.74 Å². The monoisotopic (exact) mass is 434 g/mol. The number of carboxylic acids is 1. The van der Waals surface area contributed by atoms with E-state index >= 15 is 0 Å². The quantitative estimate of drug-likeness (QED) is 0.520. The maximum Gasteiger partial charge on any atom is 0.422 e. The highest BCUT2D eigenvalue weighted by molar-refractivity contribution is 6.42. The SMILES string of the molecule is CC(C)CC(C(=O)O)c1ccc(OCC(F)(F)F)c(-c2ccc(Cl)c(Cl)c2)c1. The summed E-state index contributed by atoms with van der Waals surface area (Å²) in [7, 11) is 0. The highest BCUT2D eigenvalue weighted by Crippen LogP contribution is 2.38. The minimum atomic E-state index is -4.51. The van der Waals surface area contributed by atoms with Gasteiger partial charge >= 0.3 is 12.1 Å². The van der Waals surface area contributed by atoms with Gasteiger partial charge in [-0.3, -0.25) is 4.79 Å². The van der Waals surface area contributed by atoms with Gasteiger partial charge in [0.1, 0.15) is 5.75 Å². The largest absolute Gasteiger partial charge is 0.483 e. The van der Waals surface area contributed by atoms with Crippen molar-refractivity contribution in [3.8, 4) is 16.9 Å². The van der Waals surface area contributed by atoms with Crippen LogP contribution in [0.3, 0.4) is 0 Å². The van der Waals surface area contributed by atoms with Crippen molar-refractivity contribution in [2.75, 3.05) is 6.61 Å². The Bertz CT molecular complexity index is 851. The van der Waals surface area contributed by atoms with Crippen LogP contribution in [0.5, 0.6) is 5.75 Å². The summed E-state index contributed by atoms with van der Waals surface area (Å²) in [6, 6.07) is 8.98. The molecule has 3 nitrogen and oxygen atoms in total. The fourth-order valence-corrected chi connectivity index (χ4v) is 3.09. The number of benzene rings is 2. The number of carbonyl (C=O) groups is 1. The Morgan fingerprint density at radius 2 is 1.79 bits per heavy atom. The molecule has 0 aliphatic carbocycles. The predicted octanol–water partition coefficient (Wildman–Crippen LogP) is 6.82. The van der Waals surface area contributed by atoms with Gasteiger partial charge in [0, 0.05) is 5.56 Å². The Balaban J connectivity index is 2.54. The highest BCUT2D eigenvalue weighted by atomic mass is 35.5. The third-order valence-electron chi connectivity index (χ3n) is 4.03. The van der Waals surface area contributed by atoms with Gasteiger partial charge in [-0.05, 0) is 47.7 Å². The molecule has 2 rings (SSSR count). The molecule has 152 valence electrons. The van der Waals surface area contributed by atoms with Crippen LogP contribution in [0.4, 0.5) is 13.2 Å². The summed E-state index contributed by atoms with van der Waals surface area (Å²) in [6.45, 7) is 2.34. The standard InChI is InChI=1S/C20H19Cl2F3O3/c1-11(2)7-15(19(26)27)12-4-6-18(28-10-20(23,24)25)14(8-12)13-3-5-16(21)17(22)9-13/h3-6,8-9,11,15H,7,10H2,1-2H3,(H,26,27). The molecule has 8 heteroatoms. The normalized spacial score (nSPS) is 12.9. The molecule has 1 N–H and O–H groups in total. The molecule has 1 atom stereocenters. The fourth-order valence-electron chi connectivity index (χ4n) is 2.79. The first-order valence-electron chi connectivity index (χ1n) is 8.49. The van der Waals surface area contributed by atoms with E-state index in [-0.39, 0.29) is 16.7 Å². The predicted molar refractivity (Wildman–Crippen MR) is 103 cm³/mol. The lowest BCUT2D eigenvalue weighted by Crippen LogP contribution is -2.19. The van der Waals surface area contributed by atoms with Gasteiger partial charge in [-0.15, -0.1) is 0 Å². The lowest BCUT2D eigenvalue weighted by atomic mass is 9.88. The smallest absolute Gasteiger partial charge is 0.422 e. The van der Waals surface area contributed by atoms with E-state index in [9.17, 15) is 23.1 Å². The zero-order valence-corrected chi connectivity index (χ0v) is 16.7. The fraction of sp³-hybridized carbons (Fsp3) is 0.350. The summed E-state index contributed by atoms with van der Waals surface area (Å²) in [5, 5.41) is 10.1. The summed E-state index contributed by atoms with van der Waals surface area (Å²) in [6.07, 6.45) is -4.12. The Morgan fingerprint density at radius 3 is 2.32 bits per heavy atom. The molecule has 0 fully saturated rings. The van der Waals surface area contributed by atoms with E-state index in [2.05, 4.69) is 0 Å². The van der Waals surface area contributed by atoms with Crippen molar-refractivity contribution < 1.29 is 27.8 Å². The number of hydrogen-bond acceptors (Lipinski definition) is 2. The summed E-state index contributed by atoms with van der Waals surface area (Å²) in [5.41, 5.74) is 1.26. The third kappa shape index (κ3) is 6.04. The number of hydrogen-bond donors (Lipinski definition) is 1. The Morgan fingerprint density at radius 1 is 1.11 bits per heavy atom. The topological polar surface area (TPSA) is 46.5 Å². The van der Waals surface area contributed by atoms with Gasteiger partial charge in [-0.2, -0.15) is 13.2 Å². The van der Waals surface area contributed by atoms with Crippen LogP contribution in [-0.4, -0.2) is 23.9 Å². The van der Waals surface area contributed by atoms with Crippen LogP contribution in [0.25, 0.3) is 11.1 Å². The molecule has 0 heterocycles. The average Bonchev–Trinajstić information content (AvgIpc) is 2.59. The summed E-state index contributed by atoms with van der Waals surface area (Å²) < 4.78 is 42.8. The molecule has 0 aliphatic rings. The second-order valence-corrected chi connectivity index (χ2v) is 7.62. The molecule has 2 aromatic carbocycles. The zero-order valence-electron chi connectivity index (χ0n) is 15.2. The molecular weight excluding hydrogens is 416 g/mol. The molecular formula is C20H19Cl2F3O3. The van der Waals surface area contributed by atoms with Crippen molar-refractivity contribution in [2.45, 2.75) is 32.4 Å². The number of carboxylic acid groups (broad SMARTS) is 1. The first-order chi connectivity index (χ1) is 13.0. The van der Waals surface area contributed by atoms with E-state index in [1.807, 2.05) is 13.8 Å². The van der Waals surface area contributed by atoms with Crippen molar-refractivity contribution >= 4 is 29.2 Å². The van der Waals surface area contributed by atoms with Crippen molar-refractivity contribution in [1.82, 2.24) is 0 Å². The molecule has 0 aromatic heterocycles. The number of alkyl halides is 3. The Labute approximate surface area is 171 Å². The average molecular weight is 435 g/mol. The van der Waals surface area contributed by atoms with E-state index in [0.29, 0.717) is 28.1 Å². The molecule has 1 unspecified atom stereocenters. The van der Waals surface area contributed by atoms with Gasteiger partial charge in [0.2, 0.25) is 0 Å². The molecule has 0 saturated carbocycles. The lowest BCUT2D eigenvalue weighted by Gasteiger charge is -2.19. The molecule has 2 aromatic rings. The van der Waals surface area contributed by atoms with Gasteiger partial charge in [0.25, 0.3) is 0 Å². The van der Waals surface area contributed by atoms with E-state index in [0.717, 1.165) is 0 Å². The van der Waals surface area contributed by atoms with E-state index in [1.165, 1.54) is 30.3 Å². The second kappa shape index (κ2) is 9.05. The van der Waals surface area contributed by atoms with Gasteiger partial charge in [0.05, 0.1) is 16.0 Å². The van der Waals surface area contributed by atoms with Gasteiger partial charge in [-0.25, -0.2) is 0 Å². The second-order valence-electron chi connectivity index (χ2n) is 6.81. The molecule has 28 heavy (non-hydrogen) atoms. The maximum absolute atomic E-state index is 12.6. The maximum atomic E-state index is 12.6. The number of halogens is 5. The molecule has 0 spiro atoms. The van der Waals surface area contributed by atoms with Crippen molar-refractivity contribution in [2.24, 2.45) is 5.92 Å². The summed E-state index contributed by atoms with van der Waals surface area (Å²) in [5.74, 6) is -1.69. The number of aliphatic carboxylic acids is 1. The van der Waals surface area contributed by atoms with Crippen molar-refractivity contribution in [3.05, 3.63) is 52.0 Å². The van der Waals surface area contributed by atoms with Crippen molar-refractivity contribution in [3.63, 3.8) is 0 Å². The Kier molecular flexibility index (Phi) is 7.23. The molecule has 0 aliphatic heterocycles. The van der Waals surface area contributed by atoms with E-state index < -0.39 is 24.7 Å². The molecule has 0 radical (unpaired) electrons. The minimum absolute atomic E-state index is 0.0202. The van der Waals surface area contributed by atoms with E-state index in [1.54, 1.807) is 6.07 Å². The summed E-state index contributed by atoms with van der Waals surface area (Å²) in [4.78, 5) is 11.7. The number of rotatable bonds is 7. The van der Waals surface area contributed by atoms with Gasteiger partial charge in [-0.1, -0.05) is 49.2 Å². The zero-order chi connectivity index (χ0) is 21.1. The van der Waals surface area contributed by atoms with Crippen LogP contribution >= 0.6 is 23.2 Å². The van der Waals surface area contributed by atoms with Crippen LogP contribution in [0, 0.1) is 5.92 Å². The van der Waals surface area contributed by atoms with Crippen LogP contribution in [-0.2, 0) is 4.79 Å². The van der Waals surface area contributed by atoms with Crippen LogP contribution in [0.2, 0.25) is 10.0 Å². The van der Waals surface area contributed by atoms with E-state index in [4.69, 9.17) is 27.9 Å². The lowest BCUT2D eigenvalue weighted by molar-refractivity contribution is -0.153. The van der Waals surface area contributed by atoms with Crippen LogP contribution in [0.15, 0.2) is 36.4 Å². The third-order valence-corrected chi connectivity index (χ3v) is 4.77. The molecule has 0 bridgehead atoms. The van der Waals surface area contributed by atoms with Gasteiger partial charge < -0.3 is 9.84 Å². The summed E-state index contributed by atoms with van der Waals surface area (Å²) >= 11 is 12.0. The first-order valence-corrected chi connectivity index (χ1v) is 9.25. The van der Waals surface area contributed by atoms with Crippen molar-refractivity contribution in [1.29, 1.82) is 0 Å². The Hall–Kier alpha value is -1.92.